The molecule has 0 radical (unpaired) electrons. The molecule has 2 atom stereocenters. The van der Waals surface area contributed by atoms with Crippen molar-refractivity contribution in [3.63, 3.8) is 0 Å². The monoisotopic (exact) mass is 556 g/mol. The lowest BCUT2D eigenvalue weighted by atomic mass is 9.97. The molecule has 7 nitrogen and oxygen atoms in total. The van der Waals surface area contributed by atoms with Gasteiger partial charge in [0.2, 0.25) is 11.6 Å². The first-order valence-corrected chi connectivity index (χ1v) is 14.7. The number of hydrogen-bond acceptors (Lipinski definition) is 5. The Morgan fingerprint density at radius 3 is 2.03 bits per heavy atom. The van der Waals surface area contributed by atoms with Crippen molar-refractivity contribution >= 4 is 36.2 Å². The molecule has 0 bridgehead atoms. The van der Waals surface area contributed by atoms with Gasteiger partial charge in [-0.2, -0.15) is 12.6 Å². The van der Waals surface area contributed by atoms with Crippen molar-refractivity contribution in [2.45, 2.75) is 89.6 Å². The zero-order valence-electron chi connectivity index (χ0n) is 23.0. The maximum Gasteiger partial charge on any atom is 0.350 e. The number of aliphatic carboxylic acids is 2. The molecule has 4 N–H and O–H groups in total. The summed E-state index contributed by atoms with van der Waals surface area (Å²) < 4.78 is 0. The van der Waals surface area contributed by atoms with Crippen molar-refractivity contribution in [3.05, 3.63) is 65.7 Å². The van der Waals surface area contributed by atoms with Gasteiger partial charge in [-0.3, -0.25) is 9.59 Å². The fourth-order valence-electron chi connectivity index (χ4n) is 4.58. The first-order valence-electron chi connectivity index (χ1n) is 14.1. The number of nitrogens with one attached hydrogen (secondary N) is 2. The largest absolute Gasteiger partial charge is 0.481 e. The van der Waals surface area contributed by atoms with Gasteiger partial charge < -0.3 is 20.8 Å². The van der Waals surface area contributed by atoms with E-state index in [-0.39, 0.29) is 12.2 Å². The fraction of sp³-hybridized carbons (Fsp3) is 0.516. The van der Waals surface area contributed by atoms with E-state index in [1.807, 2.05) is 42.5 Å². The minimum absolute atomic E-state index is 0.211. The third kappa shape index (κ3) is 11.7. The van der Waals surface area contributed by atoms with Crippen molar-refractivity contribution in [1.29, 1.82) is 0 Å². The molecule has 214 valence electrons. The zero-order chi connectivity index (χ0) is 28.5. The summed E-state index contributed by atoms with van der Waals surface area (Å²) in [5, 5.41) is 25.0. The Morgan fingerprint density at radius 2 is 1.46 bits per heavy atom. The van der Waals surface area contributed by atoms with E-state index in [9.17, 15) is 24.6 Å². The van der Waals surface area contributed by atoms with Crippen LogP contribution in [0.3, 0.4) is 0 Å². The Bertz CT molecular complexity index is 1020. The Morgan fingerprint density at radius 1 is 0.846 bits per heavy atom. The van der Waals surface area contributed by atoms with Crippen molar-refractivity contribution in [3.8, 4) is 0 Å². The van der Waals surface area contributed by atoms with Crippen LogP contribution in [0.4, 0.5) is 5.69 Å². The summed E-state index contributed by atoms with van der Waals surface area (Å²) in [6, 6.07) is 16.9. The van der Waals surface area contributed by atoms with Crippen LogP contribution in [0.5, 0.6) is 0 Å². The van der Waals surface area contributed by atoms with Crippen LogP contribution in [-0.4, -0.2) is 39.5 Å². The van der Waals surface area contributed by atoms with Gasteiger partial charge in [0.05, 0.1) is 5.92 Å². The highest BCUT2D eigenvalue weighted by molar-refractivity contribution is 7.80. The number of thiol groups is 1. The van der Waals surface area contributed by atoms with E-state index >= 15 is 0 Å². The van der Waals surface area contributed by atoms with E-state index in [2.05, 4.69) is 30.2 Å². The van der Waals surface area contributed by atoms with Crippen molar-refractivity contribution < 1.29 is 24.6 Å². The predicted octanol–water partition coefficient (Wildman–Crippen LogP) is 6.33. The minimum Gasteiger partial charge on any atom is -0.481 e. The van der Waals surface area contributed by atoms with Gasteiger partial charge in [0.15, 0.2) is 0 Å². The van der Waals surface area contributed by atoms with Gasteiger partial charge >= 0.3 is 11.9 Å². The molecule has 0 aliphatic heterocycles. The van der Waals surface area contributed by atoms with Crippen LogP contribution >= 0.6 is 12.6 Å². The second-order valence-corrected chi connectivity index (χ2v) is 10.6. The second-order valence-electron chi connectivity index (χ2n) is 10.2. The van der Waals surface area contributed by atoms with E-state index in [1.54, 1.807) is 12.1 Å². The van der Waals surface area contributed by atoms with E-state index in [4.69, 9.17) is 0 Å². The number of anilines is 1. The third-order valence-corrected chi connectivity index (χ3v) is 7.40. The summed E-state index contributed by atoms with van der Waals surface area (Å²) in [7, 11) is 0. The maximum absolute atomic E-state index is 13.2. The first-order chi connectivity index (χ1) is 18.8. The number of carboxylic acids is 2. The van der Waals surface area contributed by atoms with E-state index in [0.29, 0.717) is 12.1 Å². The molecule has 39 heavy (non-hydrogen) atoms. The Kier molecular flexibility index (Phi) is 14.5. The number of carboxylic acid groups (broad SMARTS) is 2. The van der Waals surface area contributed by atoms with Crippen molar-refractivity contribution in [2.75, 3.05) is 11.1 Å². The molecule has 0 aromatic heterocycles. The zero-order valence-corrected chi connectivity index (χ0v) is 23.9. The van der Waals surface area contributed by atoms with Gasteiger partial charge in [-0.15, -0.1) is 0 Å². The number of hydrogen-bond donors (Lipinski definition) is 5. The van der Waals surface area contributed by atoms with Gasteiger partial charge in [0, 0.05) is 24.3 Å². The molecule has 8 heteroatoms. The van der Waals surface area contributed by atoms with Crippen molar-refractivity contribution in [1.82, 2.24) is 5.32 Å². The minimum atomic E-state index is -1.98. The molecule has 0 aliphatic carbocycles. The Hall–Kier alpha value is -3.00. The lowest BCUT2D eigenvalue weighted by Gasteiger charge is -2.33. The van der Waals surface area contributed by atoms with Gasteiger partial charge in [-0.1, -0.05) is 94.3 Å². The highest BCUT2D eigenvalue weighted by Gasteiger charge is 2.41. The van der Waals surface area contributed by atoms with E-state index in [1.165, 1.54) is 44.9 Å². The summed E-state index contributed by atoms with van der Waals surface area (Å²) in [6.45, 7) is 2.22. The van der Waals surface area contributed by atoms with Gasteiger partial charge in [-0.05, 0) is 42.5 Å². The highest BCUT2D eigenvalue weighted by atomic mass is 32.1. The second kappa shape index (κ2) is 17.6. The van der Waals surface area contributed by atoms with Crippen LogP contribution in [0, 0.1) is 5.92 Å². The molecule has 0 saturated heterocycles. The van der Waals surface area contributed by atoms with Gasteiger partial charge in [0.1, 0.15) is 0 Å². The SMILES string of the molecule is CCCCCCCCCCc1ccc(NC(CCC(=O)O)(NC(=O)C(CS)Cc2ccccc2)C(=O)O)cc1. The van der Waals surface area contributed by atoms with Crippen LogP contribution in [0.1, 0.15) is 82.3 Å². The quantitative estimate of drug-likeness (QED) is 0.0739. The summed E-state index contributed by atoms with van der Waals surface area (Å²) >= 11 is 4.32. The normalized spacial score (nSPS) is 13.3. The molecule has 2 aromatic rings. The van der Waals surface area contributed by atoms with E-state index in [0.717, 1.165) is 24.0 Å². The smallest absolute Gasteiger partial charge is 0.350 e. The third-order valence-electron chi connectivity index (χ3n) is 6.96. The summed E-state index contributed by atoms with van der Waals surface area (Å²) in [4.78, 5) is 37.1. The van der Waals surface area contributed by atoms with Crippen LogP contribution in [0.15, 0.2) is 54.6 Å². The van der Waals surface area contributed by atoms with Gasteiger partial charge in [0.25, 0.3) is 0 Å². The topological polar surface area (TPSA) is 116 Å². The lowest BCUT2D eigenvalue weighted by Crippen LogP contribution is -2.61. The van der Waals surface area contributed by atoms with Gasteiger partial charge in [-0.25, -0.2) is 4.79 Å². The number of unbranched alkanes of at least 4 members (excludes halogenated alkanes) is 7. The standard InChI is InChI=1S/C31H44N2O5S/c1-2-3-4-5-6-7-8-10-13-24-16-18-27(19-17-24)32-31(30(37)38,21-20-28(34)35)33-29(36)26(23-39)22-25-14-11-9-12-15-25/h9,11-12,14-19,26,32,39H,2-8,10,13,20-23H2,1H3,(H,33,36)(H,34,35)(H,37,38). The van der Waals surface area contributed by atoms with Crippen LogP contribution < -0.4 is 10.6 Å². The first kappa shape index (κ1) is 32.2. The average molecular weight is 557 g/mol. The molecule has 2 rings (SSSR count). The van der Waals surface area contributed by atoms with Crippen LogP contribution in [0.2, 0.25) is 0 Å². The molecule has 0 spiro atoms. The number of aryl methyl sites for hydroxylation is 1. The predicted molar refractivity (Wildman–Crippen MR) is 159 cm³/mol. The molecular weight excluding hydrogens is 512 g/mol. The molecule has 1 amide bonds. The van der Waals surface area contributed by atoms with Crippen LogP contribution in [0.25, 0.3) is 0 Å². The lowest BCUT2D eigenvalue weighted by molar-refractivity contribution is -0.148. The van der Waals surface area contributed by atoms with Crippen LogP contribution in [-0.2, 0) is 27.2 Å². The molecule has 2 aromatic carbocycles. The number of carbonyl (C=O) groups is 3. The summed E-state index contributed by atoms with van der Waals surface area (Å²) in [5.41, 5.74) is 0.596. The maximum atomic E-state index is 13.2. The Labute approximate surface area is 238 Å². The number of amides is 1. The molecule has 0 aliphatic rings. The summed E-state index contributed by atoms with van der Waals surface area (Å²) in [5.74, 6) is -3.37. The number of rotatable bonds is 20. The van der Waals surface area contributed by atoms with E-state index < -0.39 is 35.8 Å². The molecular formula is C31H44N2O5S. The highest BCUT2D eigenvalue weighted by Crippen LogP contribution is 2.22. The summed E-state index contributed by atoms with van der Waals surface area (Å²) in [6.07, 6.45) is 10.6. The van der Waals surface area contributed by atoms with Crippen molar-refractivity contribution in [2.24, 2.45) is 5.92 Å². The Balaban J connectivity index is 2.05. The average Bonchev–Trinajstić information content (AvgIpc) is 2.93. The molecule has 2 unspecified atom stereocenters. The molecule has 0 fully saturated rings. The number of carbonyl (C=O) groups excluding carboxylic acids is 1. The number of benzene rings is 2. The molecule has 0 heterocycles. The fourth-order valence-corrected chi connectivity index (χ4v) is 4.87. The molecule has 0 saturated carbocycles.